The van der Waals surface area contributed by atoms with Gasteiger partial charge in [0, 0.05) is 29.4 Å². The molecule has 33 heavy (non-hydrogen) atoms. The van der Waals surface area contributed by atoms with E-state index < -0.39 is 28.2 Å². The number of nitrogens with one attached hydrogen (secondary N) is 1. The third kappa shape index (κ3) is 2.32. The van der Waals surface area contributed by atoms with Gasteiger partial charge in [0.1, 0.15) is 5.54 Å². The number of fused-ring (bicyclic) bond motifs is 7. The Morgan fingerprint density at radius 2 is 1.91 bits per heavy atom. The van der Waals surface area contributed by atoms with Gasteiger partial charge in [-0.25, -0.2) is 4.90 Å². The second-order valence-corrected chi connectivity index (χ2v) is 9.42. The summed E-state index contributed by atoms with van der Waals surface area (Å²) >= 11 is 0. The summed E-state index contributed by atoms with van der Waals surface area (Å²) in [6.45, 7) is 4.51. The number of hydrogen-bond acceptors (Lipinski definition) is 6. The SMILES string of the molecule is Cc1cc(C)c2c(c1)[C@@]1(C(=O)N2)[C@H]2C(=O)N(c3cccc([N+](=O)[O-])c3)C(=O)[C@@H]2[C@H]2CCCN21. The highest BCUT2D eigenvalue weighted by Gasteiger charge is 2.74. The lowest BCUT2D eigenvalue weighted by molar-refractivity contribution is -0.384. The number of anilines is 2. The minimum Gasteiger partial charge on any atom is -0.324 e. The second kappa shape index (κ2) is 6.48. The van der Waals surface area contributed by atoms with E-state index in [4.69, 9.17) is 0 Å². The summed E-state index contributed by atoms with van der Waals surface area (Å²) in [5, 5.41) is 14.3. The van der Waals surface area contributed by atoms with Gasteiger partial charge < -0.3 is 5.32 Å². The van der Waals surface area contributed by atoms with Crippen LogP contribution in [-0.2, 0) is 19.9 Å². The van der Waals surface area contributed by atoms with Gasteiger partial charge in [0.15, 0.2) is 0 Å². The molecule has 168 valence electrons. The number of nitro benzene ring substituents is 1. The monoisotopic (exact) mass is 446 g/mol. The van der Waals surface area contributed by atoms with Crippen molar-refractivity contribution in [3.8, 4) is 0 Å². The van der Waals surface area contributed by atoms with E-state index in [1.165, 1.54) is 24.3 Å². The van der Waals surface area contributed by atoms with Crippen LogP contribution in [0.3, 0.4) is 0 Å². The average Bonchev–Trinajstić information content (AvgIpc) is 3.47. The molecule has 0 bridgehead atoms. The number of nitro groups is 1. The number of carbonyl (C=O) groups is 3. The minimum atomic E-state index is -1.25. The van der Waals surface area contributed by atoms with E-state index in [-0.39, 0.29) is 29.2 Å². The smallest absolute Gasteiger partial charge is 0.271 e. The number of benzene rings is 2. The molecule has 2 aromatic rings. The molecule has 0 unspecified atom stereocenters. The Morgan fingerprint density at radius 3 is 2.67 bits per heavy atom. The zero-order valence-electron chi connectivity index (χ0n) is 18.2. The normalized spacial score (nSPS) is 30.1. The molecule has 0 radical (unpaired) electrons. The first kappa shape index (κ1) is 20.0. The third-order valence-corrected chi connectivity index (χ3v) is 7.74. The van der Waals surface area contributed by atoms with Crippen molar-refractivity contribution in [3.05, 3.63) is 63.2 Å². The van der Waals surface area contributed by atoms with Crippen molar-refractivity contribution < 1.29 is 19.3 Å². The van der Waals surface area contributed by atoms with E-state index in [0.29, 0.717) is 12.2 Å². The predicted molar refractivity (Wildman–Crippen MR) is 119 cm³/mol. The molecule has 0 aromatic heterocycles. The van der Waals surface area contributed by atoms with E-state index in [0.717, 1.165) is 34.4 Å². The van der Waals surface area contributed by atoms with Crippen LogP contribution < -0.4 is 10.2 Å². The number of rotatable bonds is 2. The second-order valence-electron chi connectivity index (χ2n) is 9.42. The molecule has 0 aliphatic carbocycles. The maximum atomic E-state index is 13.9. The Kier molecular flexibility index (Phi) is 3.93. The van der Waals surface area contributed by atoms with Gasteiger partial charge in [-0.05, 0) is 44.9 Å². The molecule has 3 amide bonds. The average molecular weight is 446 g/mol. The summed E-state index contributed by atoms with van der Waals surface area (Å²) in [6.07, 6.45) is 1.56. The van der Waals surface area contributed by atoms with Crippen molar-refractivity contribution >= 4 is 34.8 Å². The first-order valence-corrected chi connectivity index (χ1v) is 11.1. The van der Waals surface area contributed by atoms with Crippen LogP contribution in [0.1, 0.15) is 29.5 Å². The summed E-state index contributed by atoms with van der Waals surface area (Å²) in [5.41, 5.74) is 2.10. The number of carbonyl (C=O) groups excluding carboxylic acids is 3. The Morgan fingerprint density at radius 1 is 1.12 bits per heavy atom. The standard InChI is InChI=1S/C24H22N4O5/c1-12-9-13(2)20-16(10-12)24(23(31)25-20)19-18(17-7-4-8-26(17)24)21(29)27(22(19)30)14-5-3-6-15(11-14)28(32)33/h3,5-6,9-11,17-19H,4,7-8H2,1-2H3,(H,25,31)/t17-,18-,19-,24+/m1/s1. The molecule has 0 saturated carbocycles. The number of imide groups is 1. The maximum absolute atomic E-state index is 13.9. The molecule has 3 fully saturated rings. The molecule has 4 atom stereocenters. The Balaban J connectivity index is 1.55. The molecule has 1 N–H and O–H groups in total. The largest absolute Gasteiger partial charge is 0.324 e. The van der Waals surface area contributed by atoms with Gasteiger partial charge in [-0.15, -0.1) is 0 Å². The van der Waals surface area contributed by atoms with Gasteiger partial charge in [0.2, 0.25) is 17.7 Å². The maximum Gasteiger partial charge on any atom is 0.271 e. The van der Waals surface area contributed by atoms with Crippen molar-refractivity contribution in [2.75, 3.05) is 16.8 Å². The number of aryl methyl sites for hydroxylation is 2. The van der Waals surface area contributed by atoms with Crippen LogP contribution in [0, 0.1) is 35.8 Å². The van der Waals surface area contributed by atoms with Gasteiger partial charge in [-0.3, -0.25) is 29.4 Å². The fraction of sp³-hybridized carbons (Fsp3) is 0.375. The molecule has 4 aliphatic rings. The molecule has 2 aromatic carbocycles. The highest BCUT2D eigenvalue weighted by atomic mass is 16.6. The van der Waals surface area contributed by atoms with E-state index in [9.17, 15) is 24.5 Å². The van der Waals surface area contributed by atoms with Gasteiger partial charge in [0.05, 0.1) is 22.4 Å². The van der Waals surface area contributed by atoms with E-state index in [2.05, 4.69) is 10.2 Å². The van der Waals surface area contributed by atoms with Gasteiger partial charge in [0.25, 0.3) is 5.69 Å². The molecule has 4 aliphatic heterocycles. The van der Waals surface area contributed by atoms with Crippen LogP contribution in [0.4, 0.5) is 17.1 Å². The van der Waals surface area contributed by atoms with E-state index >= 15 is 0 Å². The van der Waals surface area contributed by atoms with E-state index in [1.54, 1.807) is 0 Å². The predicted octanol–water partition coefficient (Wildman–Crippen LogP) is 2.64. The topological polar surface area (TPSA) is 113 Å². The quantitative estimate of drug-likeness (QED) is 0.431. The molecule has 3 saturated heterocycles. The minimum absolute atomic E-state index is 0.173. The van der Waals surface area contributed by atoms with Crippen LogP contribution in [0.25, 0.3) is 0 Å². The summed E-state index contributed by atoms with van der Waals surface area (Å²) in [7, 11) is 0. The molecule has 1 spiro atoms. The number of hydrogen-bond donors (Lipinski definition) is 1. The summed E-state index contributed by atoms with van der Waals surface area (Å²) < 4.78 is 0. The van der Waals surface area contributed by atoms with Crippen molar-refractivity contribution in [1.82, 2.24) is 4.90 Å². The zero-order chi connectivity index (χ0) is 23.2. The van der Waals surface area contributed by atoms with Crippen molar-refractivity contribution in [1.29, 1.82) is 0 Å². The molecule has 4 heterocycles. The van der Waals surface area contributed by atoms with Gasteiger partial charge in [-0.2, -0.15) is 0 Å². The highest BCUT2D eigenvalue weighted by Crippen LogP contribution is 2.61. The molecular weight excluding hydrogens is 424 g/mol. The fourth-order valence-electron chi connectivity index (χ4n) is 6.66. The molecule has 6 rings (SSSR count). The van der Waals surface area contributed by atoms with E-state index in [1.807, 2.05) is 26.0 Å². The van der Waals surface area contributed by atoms with Gasteiger partial charge in [-0.1, -0.05) is 23.8 Å². The lowest BCUT2D eigenvalue weighted by Gasteiger charge is -2.36. The summed E-state index contributed by atoms with van der Waals surface area (Å²) in [5.74, 6) is -2.67. The van der Waals surface area contributed by atoms with Crippen molar-refractivity contribution in [2.24, 2.45) is 11.8 Å². The lowest BCUT2D eigenvalue weighted by Crippen LogP contribution is -2.54. The fourth-order valence-corrected chi connectivity index (χ4v) is 6.66. The first-order chi connectivity index (χ1) is 15.8. The van der Waals surface area contributed by atoms with Crippen molar-refractivity contribution in [3.63, 3.8) is 0 Å². The summed E-state index contributed by atoms with van der Waals surface area (Å²) in [6, 6.07) is 9.26. The zero-order valence-corrected chi connectivity index (χ0v) is 18.2. The third-order valence-electron chi connectivity index (χ3n) is 7.74. The first-order valence-electron chi connectivity index (χ1n) is 11.1. The van der Waals surface area contributed by atoms with Gasteiger partial charge >= 0.3 is 0 Å². The highest BCUT2D eigenvalue weighted by molar-refractivity contribution is 6.26. The van der Waals surface area contributed by atoms with Crippen LogP contribution in [0.5, 0.6) is 0 Å². The number of non-ortho nitro benzene ring substituents is 1. The molecular formula is C24H22N4O5. The van der Waals surface area contributed by atoms with Crippen LogP contribution >= 0.6 is 0 Å². The van der Waals surface area contributed by atoms with Crippen LogP contribution in [-0.4, -0.2) is 40.1 Å². The number of amides is 3. The Labute approximate surface area is 189 Å². The molecule has 9 nitrogen and oxygen atoms in total. The number of nitrogens with zero attached hydrogens (tertiary/aromatic N) is 3. The van der Waals surface area contributed by atoms with Crippen LogP contribution in [0.15, 0.2) is 36.4 Å². The Bertz CT molecular complexity index is 1290. The molecule has 9 heteroatoms. The van der Waals surface area contributed by atoms with Crippen LogP contribution in [0.2, 0.25) is 0 Å². The summed E-state index contributed by atoms with van der Waals surface area (Å²) in [4.78, 5) is 55.2. The van der Waals surface area contributed by atoms with Crippen molar-refractivity contribution in [2.45, 2.75) is 38.3 Å². The Hall–Kier alpha value is -3.59. The lowest BCUT2D eigenvalue weighted by atomic mass is 9.75.